The minimum absolute atomic E-state index is 0.179. The van der Waals surface area contributed by atoms with Gasteiger partial charge in [-0.1, -0.05) is 25.3 Å². The third-order valence-corrected chi connectivity index (χ3v) is 5.22. The smallest absolute Gasteiger partial charge is 0.423 e. The van der Waals surface area contributed by atoms with Crippen LogP contribution >= 0.6 is 12.2 Å². The lowest BCUT2D eigenvalue weighted by Crippen LogP contribution is -2.51. The van der Waals surface area contributed by atoms with Crippen molar-refractivity contribution in [3.63, 3.8) is 0 Å². The first-order chi connectivity index (χ1) is 12.0. The first-order valence-corrected chi connectivity index (χ1v) is 8.95. The van der Waals surface area contributed by atoms with Crippen LogP contribution in [0.3, 0.4) is 0 Å². The molecule has 1 saturated carbocycles. The van der Waals surface area contributed by atoms with Crippen LogP contribution in [0.2, 0.25) is 0 Å². The number of carbonyl (C=O) groups excluding carboxylic acids is 2. The maximum atomic E-state index is 13.2. The number of methoxy groups -OCH3 is 1. The third-order valence-electron chi connectivity index (χ3n) is 4.85. The van der Waals surface area contributed by atoms with Crippen molar-refractivity contribution in [1.82, 2.24) is 4.90 Å². The molecule has 0 bridgehead atoms. The molecule has 0 radical (unpaired) electrons. The van der Waals surface area contributed by atoms with Crippen molar-refractivity contribution in [2.24, 2.45) is 0 Å². The van der Waals surface area contributed by atoms with E-state index in [9.17, 15) is 9.59 Å². The van der Waals surface area contributed by atoms with Gasteiger partial charge in [-0.25, -0.2) is 4.79 Å². The van der Waals surface area contributed by atoms with E-state index in [4.69, 9.17) is 21.7 Å². The summed E-state index contributed by atoms with van der Waals surface area (Å²) >= 11 is 5.53. The molecule has 6 nitrogen and oxygen atoms in total. The average Bonchev–Trinajstić information content (AvgIpc) is 2.83. The number of benzene rings is 1. The summed E-state index contributed by atoms with van der Waals surface area (Å²) in [6.07, 6.45) is 3.55. The lowest BCUT2D eigenvalue weighted by Gasteiger charge is -2.39. The maximum Gasteiger partial charge on any atom is 0.423 e. The summed E-state index contributed by atoms with van der Waals surface area (Å²) in [5, 5.41) is 0.179. The summed E-state index contributed by atoms with van der Waals surface area (Å²) in [6, 6.07) is 7.41. The average molecular weight is 362 g/mol. The van der Waals surface area contributed by atoms with Gasteiger partial charge in [0.15, 0.2) is 5.11 Å². The molecule has 134 valence electrons. The number of anilines is 1. The number of rotatable bonds is 3. The topological polar surface area (TPSA) is 59.1 Å². The number of ether oxygens (including phenoxy) is 2. The Morgan fingerprint density at radius 3 is 2.64 bits per heavy atom. The van der Waals surface area contributed by atoms with Crippen LogP contribution in [-0.4, -0.2) is 41.3 Å². The number of nitrogens with zero attached hydrogens (tertiary/aromatic N) is 2. The summed E-state index contributed by atoms with van der Waals surface area (Å²) in [6.45, 7) is 1.90. The summed E-state index contributed by atoms with van der Waals surface area (Å²) in [5.74, 6) is 0.395. The van der Waals surface area contributed by atoms with Crippen molar-refractivity contribution in [3.05, 3.63) is 24.3 Å². The number of hydrogen-bond donors (Lipinski definition) is 0. The normalized spacial score (nSPS) is 19.4. The van der Waals surface area contributed by atoms with Gasteiger partial charge >= 0.3 is 6.09 Å². The molecule has 25 heavy (non-hydrogen) atoms. The van der Waals surface area contributed by atoms with E-state index < -0.39 is 11.6 Å². The van der Waals surface area contributed by atoms with Crippen LogP contribution in [0.15, 0.2) is 24.3 Å². The van der Waals surface area contributed by atoms with Gasteiger partial charge in [-0.05, 0) is 44.1 Å². The van der Waals surface area contributed by atoms with E-state index in [-0.39, 0.29) is 17.6 Å². The highest BCUT2D eigenvalue weighted by molar-refractivity contribution is 7.80. The van der Waals surface area contributed by atoms with Gasteiger partial charge in [-0.15, -0.1) is 0 Å². The van der Waals surface area contributed by atoms with Crippen molar-refractivity contribution >= 4 is 35.0 Å². The van der Waals surface area contributed by atoms with Gasteiger partial charge in [0.05, 0.1) is 13.7 Å². The Hall–Kier alpha value is -2.15. The predicted octanol–water partition coefficient (Wildman–Crippen LogP) is 3.49. The van der Waals surface area contributed by atoms with Gasteiger partial charge in [-0.2, -0.15) is 4.90 Å². The molecule has 2 aliphatic rings. The summed E-state index contributed by atoms with van der Waals surface area (Å²) in [5.41, 5.74) is -0.0551. The fraction of sp³-hybridized carbons (Fsp3) is 0.500. The zero-order valence-corrected chi connectivity index (χ0v) is 15.3. The van der Waals surface area contributed by atoms with Gasteiger partial charge in [0, 0.05) is 11.8 Å². The Balaban J connectivity index is 2.07. The van der Waals surface area contributed by atoms with Crippen LogP contribution in [0, 0.1) is 0 Å². The second kappa shape index (κ2) is 7.00. The number of hydrogen-bond acceptors (Lipinski definition) is 5. The number of thiocarbonyl (C=S) groups is 1. The van der Waals surface area contributed by atoms with Gasteiger partial charge in [0.1, 0.15) is 11.3 Å². The van der Waals surface area contributed by atoms with E-state index in [0.29, 0.717) is 18.6 Å². The first kappa shape index (κ1) is 17.7. The lowest BCUT2D eigenvalue weighted by atomic mass is 9.80. The zero-order chi connectivity index (χ0) is 18.0. The molecule has 2 amide bonds. The van der Waals surface area contributed by atoms with E-state index in [1.54, 1.807) is 14.0 Å². The molecule has 0 unspecified atom stereocenters. The van der Waals surface area contributed by atoms with Crippen molar-refractivity contribution < 1.29 is 19.1 Å². The quantitative estimate of drug-likeness (QED) is 0.767. The largest absolute Gasteiger partial charge is 0.497 e. The van der Waals surface area contributed by atoms with Crippen molar-refractivity contribution in [2.75, 3.05) is 18.6 Å². The molecule has 1 aliphatic heterocycles. The van der Waals surface area contributed by atoms with Crippen LogP contribution < -0.4 is 9.64 Å². The summed E-state index contributed by atoms with van der Waals surface area (Å²) in [4.78, 5) is 28.4. The van der Waals surface area contributed by atoms with Crippen molar-refractivity contribution in [3.8, 4) is 5.75 Å². The Kier molecular flexibility index (Phi) is 4.94. The highest BCUT2D eigenvalue weighted by Crippen LogP contribution is 2.44. The van der Waals surface area contributed by atoms with E-state index >= 15 is 0 Å². The molecular weight excluding hydrogens is 340 g/mol. The third kappa shape index (κ3) is 2.86. The predicted molar refractivity (Wildman–Crippen MR) is 97.8 cm³/mol. The highest BCUT2D eigenvalue weighted by atomic mass is 32.1. The minimum Gasteiger partial charge on any atom is -0.497 e. The molecular formula is C18H22N2O4S. The Bertz CT molecular complexity index is 700. The Morgan fingerprint density at radius 1 is 1.28 bits per heavy atom. The van der Waals surface area contributed by atoms with Gasteiger partial charge in [0.25, 0.3) is 5.91 Å². The molecule has 0 atom stereocenters. The molecule has 1 heterocycles. The maximum absolute atomic E-state index is 13.2. The van der Waals surface area contributed by atoms with Crippen LogP contribution in [0.4, 0.5) is 10.5 Å². The van der Waals surface area contributed by atoms with Crippen LogP contribution in [0.25, 0.3) is 0 Å². The molecule has 1 aromatic carbocycles. The standard InChI is InChI=1S/C18H22N2O4S/c1-3-24-17(22)19-15(21)18(10-5-4-6-11-18)20(16(19)25)13-8-7-9-14(12-13)23-2/h7-9,12H,3-6,10-11H2,1-2H3. The number of imide groups is 1. The van der Waals surface area contributed by atoms with E-state index in [2.05, 4.69) is 0 Å². The molecule has 0 aromatic heterocycles. The molecule has 7 heteroatoms. The number of carbonyl (C=O) groups is 2. The van der Waals surface area contributed by atoms with E-state index in [0.717, 1.165) is 29.8 Å². The Labute approximate surface area is 152 Å². The van der Waals surface area contributed by atoms with Crippen molar-refractivity contribution in [2.45, 2.75) is 44.6 Å². The summed E-state index contributed by atoms with van der Waals surface area (Å²) < 4.78 is 10.4. The molecule has 0 N–H and O–H groups in total. The monoisotopic (exact) mass is 362 g/mol. The molecule has 1 saturated heterocycles. The fourth-order valence-corrected chi connectivity index (χ4v) is 4.14. The van der Waals surface area contributed by atoms with E-state index in [1.165, 1.54) is 0 Å². The van der Waals surface area contributed by atoms with Gasteiger partial charge < -0.3 is 14.4 Å². The Morgan fingerprint density at radius 2 is 2.00 bits per heavy atom. The molecule has 1 aromatic rings. The lowest BCUT2D eigenvalue weighted by molar-refractivity contribution is -0.130. The first-order valence-electron chi connectivity index (χ1n) is 8.54. The van der Waals surface area contributed by atoms with Crippen LogP contribution in [0.1, 0.15) is 39.0 Å². The number of amides is 2. The van der Waals surface area contributed by atoms with Gasteiger partial charge in [0.2, 0.25) is 0 Å². The molecule has 3 rings (SSSR count). The van der Waals surface area contributed by atoms with E-state index in [1.807, 2.05) is 29.2 Å². The minimum atomic E-state index is -0.811. The van der Waals surface area contributed by atoms with Crippen LogP contribution in [-0.2, 0) is 9.53 Å². The second-order valence-electron chi connectivity index (χ2n) is 6.25. The van der Waals surface area contributed by atoms with Gasteiger partial charge in [-0.3, -0.25) is 4.79 Å². The fourth-order valence-electron chi connectivity index (χ4n) is 3.70. The molecule has 1 aliphatic carbocycles. The van der Waals surface area contributed by atoms with Crippen LogP contribution in [0.5, 0.6) is 5.75 Å². The molecule has 2 fully saturated rings. The molecule has 1 spiro atoms. The second-order valence-corrected chi connectivity index (χ2v) is 6.62. The SMILES string of the molecule is CCOC(=O)N1C(=O)C2(CCCCC2)N(c2cccc(OC)c2)C1=S. The highest BCUT2D eigenvalue weighted by Gasteiger charge is 2.58. The van der Waals surface area contributed by atoms with Crippen molar-refractivity contribution in [1.29, 1.82) is 0 Å². The summed E-state index contributed by atoms with van der Waals surface area (Å²) in [7, 11) is 1.59. The zero-order valence-electron chi connectivity index (χ0n) is 14.5.